The lowest BCUT2D eigenvalue weighted by Gasteiger charge is -2.24. The van der Waals surface area contributed by atoms with E-state index >= 15 is 0 Å². The molecule has 1 aromatic carbocycles. The first-order valence-electron chi connectivity index (χ1n) is 6.84. The Bertz CT molecular complexity index is 403. The second kappa shape index (κ2) is 5.70. The Hall–Kier alpha value is -1.09. The Morgan fingerprint density at radius 2 is 2.22 bits per heavy atom. The van der Waals surface area contributed by atoms with Crippen molar-refractivity contribution in [2.45, 2.75) is 38.6 Å². The van der Waals surface area contributed by atoms with E-state index in [2.05, 4.69) is 30.1 Å². The van der Waals surface area contributed by atoms with Gasteiger partial charge >= 0.3 is 0 Å². The Kier molecular flexibility index (Phi) is 4.23. The van der Waals surface area contributed by atoms with E-state index in [9.17, 15) is 4.39 Å². The predicted octanol–water partition coefficient (Wildman–Crippen LogP) is 3.14. The van der Waals surface area contributed by atoms with Crippen molar-refractivity contribution >= 4 is 5.69 Å². The van der Waals surface area contributed by atoms with E-state index in [0.29, 0.717) is 12.0 Å². The van der Waals surface area contributed by atoms with Gasteiger partial charge in [-0.15, -0.1) is 0 Å². The highest BCUT2D eigenvalue weighted by atomic mass is 19.1. The molecule has 0 spiro atoms. The van der Waals surface area contributed by atoms with Crippen LogP contribution in [0, 0.1) is 5.82 Å². The minimum absolute atomic E-state index is 0.0369. The Morgan fingerprint density at radius 3 is 2.89 bits per heavy atom. The number of halogens is 1. The molecule has 2 rings (SSSR count). The number of nitrogens with zero attached hydrogens (tertiary/aromatic N) is 1. The zero-order valence-corrected chi connectivity index (χ0v) is 11.5. The summed E-state index contributed by atoms with van der Waals surface area (Å²) in [6, 6.07) is 5.89. The zero-order chi connectivity index (χ0) is 13.1. The van der Waals surface area contributed by atoms with Gasteiger partial charge in [0.15, 0.2) is 0 Å². The van der Waals surface area contributed by atoms with Crippen LogP contribution in [0.1, 0.15) is 38.2 Å². The van der Waals surface area contributed by atoms with E-state index in [1.165, 1.54) is 0 Å². The van der Waals surface area contributed by atoms with Crippen LogP contribution in [0.3, 0.4) is 0 Å². The molecule has 0 radical (unpaired) electrons. The van der Waals surface area contributed by atoms with E-state index in [0.717, 1.165) is 37.2 Å². The second-order valence-corrected chi connectivity index (χ2v) is 5.36. The van der Waals surface area contributed by atoms with Gasteiger partial charge in [0.1, 0.15) is 5.82 Å². The van der Waals surface area contributed by atoms with Gasteiger partial charge in [0, 0.05) is 29.8 Å². The van der Waals surface area contributed by atoms with Crippen LogP contribution in [0.25, 0.3) is 0 Å². The molecular weight excluding hydrogens is 227 g/mol. The molecular formula is C15H23FN2. The molecule has 3 heteroatoms. The highest BCUT2D eigenvalue weighted by molar-refractivity contribution is 5.61. The van der Waals surface area contributed by atoms with E-state index in [1.54, 1.807) is 6.07 Å². The van der Waals surface area contributed by atoms with Gasteiger partial charge in [0.05, 0.1) is 0 Å². The minimum atomic E-state index is -0.0369. The molecule has 0 saturated carbocycles. The number of anilines is 1. The number of hydrogen-bond donors (Lipinski definition) is 1. The molecule has 100 valence electrons. The highest BCUT2D eigenvalue weighted by Gasteiger charge is 2.31. The summed E-state index contributed by atoms with van der Waals surface area (Å²) in [7, 11) is 1.96. The Balaban J connectivity index is 2.21. The molecule has 1 aliphatic rings. The van der Waals surface area contributed by atoms with Gasteiger partial charge in [0.25, 0.3) is 0 Å². The van der Waals surface area contributed by atoms with E-state index < -0.39 is 0 Å². The third kappa shape index (κ3) is 2.51. The van der Waals surface area contributed by atoms with Crippen molar-refractivity contribution in [3.8, 4) is 0 Å². The molecule has 0 saturated heterocycles. The first-order valence-corrected chi connectivity index (χ1v) is 6.84. The first-order chi connectivity index (χ1) is 8.65. The van der Waals surface area contributed by atoms with Crippen molar-refractivity contribution in [3.05, 3.63) is 29.6 Å². The molecule has 0 bridgehead atoms. The fourth-order valence-corrected chi connectivity index (χ4v) is 2.86. The lowest BCUT2D eigenvalue weighted by molar-refractivity contribution is 0.543. The SMILES string of the molecule is CNCCCC1CN(C(C)C)c2cccc(F)c21. The summed E-state index contributed by atoms with van der Waals surface area (Å²) in [5.74, 6) is 0.307. The highest BCUT2D eigenvalue weighted by Crippen LogP contribution is 2.41. The van der Waals surface area contributed by atoms with Gasteiger partial charge < -0.3 is 10.2 Å². The molecule has 1 aliphatic heterocycles. The third-order valence-corrected chi connectivity index (χ3v) is 3.77. The largest absolute Gasteiger partial charge is 0.368 e. The summed E-state index contributed by atoms with van der Waals surface area (Å²) in [5.41, 5.74) is 2.03. The van der Waals surface area contributed by atoms with Crippen LogP contribution in [-0.4, -0.2) is 26.2 Å². The molecule has 0 fully saturated rings. The summed E-state index contributed by atoms with van der Waals surface area (Å²) >= 11 is 0. The van der Waals surface area contributed by atoms with Gasteiger partial charge in [-0.25, -0.2) is 4.39 Å². The van der Waals surface area contributed by atoms with Crippen LogP contribution < -0.4 is 10.2 Å². The van der Waals surface area contributed by atoms with Crippen LogP contribution in [0.2, 0.25) is 0 Å². The van der Waals surface area contributed by atoms with Crippen molar-refractivity contribution in [2.24, 2.45) is 0 Å². The maximum atomic E-state index is 14.0. The number of nitrogens with one attached hydrogen (secondary N) is 1. The fraction of sp³-hybridized carbons (Fsp3) is 0.600. The fourth-order valence-electron chi connectivity index (χ4n) is 2.86. The number of hydrogen-bond acceptors (Lipinski definition) is 2. The summed E-state index contributed by atoms with van der Waals surface area (Å²) in [6.45, 7) is 6.30. The maximum Gasteiger partial charge on any atom is 0.128 e. The molecule has 1 heterocycles. The molecule has 18 heavy (non-hydrogen) atoms. The molecule has 0 aliphatic carbocycles. The molecule has 1 N–H and O–H groups in total. The topological polar surface area (TPSA) is 15.3 Å². The molecule has 0 amide bonds. The minimum Gasteiger partial charge on any atom is -0.368 e. The quantitative estimate of drug-likeness (QED) is 0.808. The van der Waals surface area contributed by atoms with Crippen LogP contribution in [-0.2, 0) is 0 Å². The van der Waals surface area contributed by atoms with Crippen molar-refractivity contribution < 1.29 is 4.39 Å². The third-order valence-electron chi connectivity index (χ3n) is 3.77. The van der Waals surface area contributed by atoms with Crippen LogP contribution >= 0.6 is 0 Å². The van der Waals surface area contributed by atoms with Crippen molar-refractivity contribution in [1.29, 1.82) is 0 Å². The van der Waals surface area contributed by atoms with Crippen molar-refractivity contribution in [1.82, 2.24) is 5.32 Å². The van der Waals surface area contributed by atoms with Crippen molar-refractivity contribution in [3.63, 3.8) is 0 Å². The second-order valence-electron chi connectivity index (χ2n) is 5.36. The number of fused-ring (bicyclic) bond motifs is 1. The van der Waals surface area contributed by atoms with Crippen LogP contribution in [0.4, 0.5) is 10.1 Å². The summed E-state index contributed by atoms with van der Waals surface area (Å²) in [6.07, 6.45) is 2.15. The maximum absolute atomic E-state index is 14.0. The average Bonchev–Trinajstić information content (AvgIpc) is 2.70. The average molecular weight is 250 g/mol. The molecule has 0 aromatic heterocycles. The van der Waals surface area contributed by atoms with Crippen molar-refractivity contribution in [2.75, 3.05) is 25.0 Å². The summed E-state index contributed by atoms with van der Waals surface area (Å²) in [5, 5.41) is 3.16. The van der Waals surface area contributed by atoms with Crippen LogP contribution in [0.5, 0.6) is 0 Å². The van der Waals surface area contributed by atoms with Gasteiger partial charge in [-0.05, 0) is 52.4 Å². The molecule has 1 aromatic rings. The van der Waals surface area contributed by atoms with Gasteiger partial charge in [-0.1, -0.05) is 6.07 Å². The van der Waals surface area contributed by atoms with E-state index in [4.69, 9.17) is 0 Å². The lowest BCUT2D eigenvalue weighted by Crippen LogP contribution is -2.29. The molecule has 1 unspecified atom stereocenters. The zero-order valence-electron chi connectivity index (χ0n) is 11.5. The van der Waals surface area contributed by atoms with E-state index in [-0.39, 0.29) is 5.82 Å². The van der Waals surface area contributed by atoms with Crippen LogP contribution in [0.15, 0.2) is 18.2 Å². The summed E-state index contributed by atoms with van der Waals surface area (Å²) < 4.78 is 14.0. The molecule has 1 atom stereocenters. The normalized spacial score (nSPS) is 18.5. The van der Waals surface area contributed by atoms with Gasteiger partial charge in [-0.3, -0.25) is 0 Å². The summed E-state index contributed by atoms with van der Waals surface area (Å²) in [4.78, 5) is 2.32. The Labute approximate surface area is 109 Å². The Morgan fingerprint density at radius 1 is 1.44 bits per heavy atom. The number of benzene rings is 1. The lowest BCUT2D eigenvalue weighted by atomic mass is 9.96. The smallest absolute Gasteiger partial charge is 0.128 e. The first kappa shape index (κ1) is 13.3. The molecule has 2 nitrogen and oxygen atoms in total. The van der Waals surface area contributed by atoms with E-state index in [1.807, 2.05) is 13.1 Å². The monoisotopic (exact) mass is 250 g/mol. The van der Waals surface area contributed by atoms with Gasteiger partial charge in [-0.2, -0.15) is 0 Å². The number of rotatable bonds is 5. The van der Waals surface area contributed by atoms with Gasteiger partial charge in [0.2, 0.25) is 0 Å². The standard InChI is InChI=1S/C15H23FN2/c1-11(2)18-10-12(6-5-9-17-3)15-13(16)7-4-8-14(15)18/h4,7-8,11-12,17H,5-6,9-10H2,1-3H3. The predicted molar refractivity (Wildman–Crippen MR) is 74.8 cm³/mol.